The Bertz CT molecular complexity index is 2380. The maximum Gasteiger partial charge on any atom is 0.329 e. The summed E-state index contributed by atoms with van der Waals surface area (Å²) in [6.45, 7) is 2.56. The molecule has 1 unspecified atom stereocenters. The van der Waals surface area contributed by atoms with Crippen LogP contribution in [-0.4, -0.2) is 103 Å². The van der Waals surface area contributed by atoms with E-state index in [1.165, 1.54) is 21.5 Å². The lowest BCUT2D eigenvalue weighted by Gasteiger charge is -2.40. The number of nitrogens with one attached hydrogen (secondary N) is 2. The number of anilines is 3. The Balaban J connectivity index is 0.869. The molecule has 2 aliphatic heterocycles. The number of benzene rings is 1. The topological polar surface area (TPSA) is 160 Å². The second-order valence-electron chi connectivity index (χ2n) is 15.8. The number of fused-ring (bicyclic) bond motifs is 2. The molecule has 3 amide bonds. The van der Waals surface area contributed by atoms with Crippen LogP contribution in [-0.2, 0) is 16.6 Å². The minimum absolute atomic E-state index is 0.0170. The number of aromatic nitrogens is 7. The van der Waals surface area contributed by atoms with Gasteiger partial charge in [-0.05, 0) is 76.1 Å². The third kappa shape index (κ3) is 7.14. The van der Waals surface area contributed by atoms with Gasteiger partial charge in [0.15, 0.2) is 11.3 Å². The molecule has 3 fully saturated rings. The van der Waals surface area contributed by atoms with E-state index < -0.39 is 30.0 Å². The lowest BCUT2D eigenvalue weighted by Crippen LogP contribution is -2.45. The van der Waals surface area contributed by atoms with Gasteiger partial charge in [-0.3, -0.25) is 33.5 Å². The van der Waals surface area contributed by atoms with Crippen LogP contribution in [0.5, 0.6) is 0 Å². The predicted octanol–water partition coefficient (Wildman–Crippen LogP) is 4.14. The largest absolute Gasteiger partial charge is 0.370 e. The van der Waals surface area contributed by atoms with Gasteiger partial charge >= 0.3 is 5.69 Å². The fourth-order valence-corrected chi connectivity index (χ4v) is 9.02. The van der Waals surface area contributed by atoms with Crippen LogP contribution in [0.15, 0.2) is 47.7 Å². The average molecular weight is 787 g/mol. The van der Waals surface area contributed by atoms with Crippen molar-refractivity contribution >= 4 is 51.6 Å². The number of halogens is 2. The Labute approximate surface area is 327 Å². The lowest BCUT2D eigenvalue weighted by molar-refractivity contribution is -0.135. The molecule has 2 N–H and O–H groups in total. The van der Waals surface area contributed by atoms with Gasteiger partial charge in [-0.15, -0.1) is 0 Å². The highest BCUT2D eigenvalue weighted by Crippen LogP contribution is 2.37. The van der Waals surface area contributed by atoms with Gasteiger partial charge < -0.3 is 20.0 Å². The first-order valence-electron chi connectivity index (χ1n) is 19.6. The van der Waals surface area contributed by atoms with E-state index in [2.05, 4.69) is 42.7 Å². The van der Waals surface area contributed by atoms with Gasteiger partial charge in [-0.2, -0.15) is 14.7 Å². The SMILES string of the molecule is CN(C)c1ccnc2c(C(=O)Nc3cn(C4CCC(CN(C)C5CCN(c6cccc7c6n(C)c(=O)n7C6CCC(=O)NC6=O)CC5)CC4)nc3C(F)F)cnn12. The summed E-state index contributed by atoms with van der Waals surface area (Å²) in [5.41, 5.74) is 2.17. The summed E-state index contributed by atoms with van der Waals surface area (Å²) in [7, 11) is 7.60. The van der Waals surface area contributed by atoms with Crippen LogP contribution in [0.25, 0.3) is 16.7 Å². The summed E-state index contributed by atoms with van der Waals surface area (Å²) in [6.07, 6.45) is 7.45. The van der Waals surface area contributed by atoms with Gasteiger partial charge in [-0.1, -0.05) is 6.07 Å². The van der Waals surface area contributed by atoms with Crippen LogP contribution < -0.4 is 26.1 Å². The van der Waals surface area contributed by atoms with Gasteiger partial charge in [0.05, 0.1) is 34.6 Å². The molecule has 3 aliphatic rings. The summed E-state index contributed by atoms with van der Waals surface area (Å²) in [5.74, 6) is -0.173. The van der Waals surface area contributed by atoms with Crippen LogP contribution in [0.4, 0.5) is 26.0 Å². The number of carbonyl (C=O) groups is 3. The molecular weight excluding hydrogens is 739 g/mol. The number of nitrogens with zero attached hydrogens (tertiary/aromatic N) is 10. The smallest absolute Gasteiger partial charge is 0.329 e. The number of hydrogen-bond donors (Lipinski definition) is 2. The Kier molecular flexibility index (Phi) is 10.3. The number of amides is 3. The number of carbonyl (C=O) groups excluding carboxylic acids is 3. The fraction of sp³-hybridized carbons (Fsp3) is 0.513. The van der Waals surface area contributed by atoms with E-state index in [0.717, 1.165) is 69.4 Å². The molecule has 1 saturated carbocycles. The zero-order valence-electron chi connectivity index (χ0n) is 32.6. The molecule has 1 atom stereocenters. The first-order chi connectivity index (χ1) is 27.4. The number of hydrogen-bond acceptors (Lipinski definition) is 10. The molecule has 5 aromatic rings. The Morgan fingerprint density at radius 1 is 1.02 bits per heavy atom. The van der Waals surface area contributed by atoms with Crippen LogP contribution >= 0.6 is 0 Å². The number of rotatable bonds is 10. The second-order valence-corrected chi connectivity index (χ2v) is 15.8. The standard InChI is InChI=1S/C39H48F2N12O4/c1-47(2)32-14-17-42-36-26(20-43-53(32)36)37(55)44-27-22-51(46-33(27)35(40)41)25-10-8-23(9-11-25)21-48(3)24-15-18-50(19-16-24)28-6-5-7-29-34(28)49(4)39(57)52(29)30-12-13-31(54)45-38(30)56/h5-7,14,17,20,22-25,30,35H,8-13,15-16,18-19,21H2,1-4H3,(H,44,55)(H,45,54,56). The van der Waals surface area contributed by atoms with E-state index in [-0.39, 0.29) is 35.3 Å². The first kappa shape index (κ1) is 38.2. The molecule has 302 valence electrons. The second kappa shape index (κ2) is 15.4. The highest BCUT2D eigenvalue weighted by Gasteiger charge is 2.34. The third-order valence-corrected chi connectivity index (χ3v) is 12.1. The zero-order valence-corrected chi connectivity index (χ0v) is 32.6. The molecule has 4 aromatic heterocycles. The predicted molar refractivity (Wildman–Crippen MR) is 210 cm³/mol. The molecule has 2 saturated heterocycles. The molecule has 57 heavy (non-hydrogen) atoms. The van der Waals surface area contributed by atoms with E-state index in [9.17, 15) is 28.0 Å². The minimum atomic E-state index is -2.86. The Morgan fingerprint density at radius 2 is 1.77 bits per heavy atom. The lowest BCUT2D eigenvalue weighted by atomic mass is 9.85. The minimum Gasteiger partial charge on any atom is -0.370 e. The van der Waals surface area contributed by atoms with Crippen LogP contribution in [0.2, 0.25) is 0 Å². The molecule has 18 heteroatoms. The van der Waals surface area contributed by atoms with Crippen molar-refractivity contribution in [1.29, 1.82) is 0 Å². The van der Waals surface area contributed by atoms with E-state index in [4.69, 9.17) is 0 Å². The summed E-state index contributed by atoms with van der Waals surface area (Å²) in [6, 6.07) is 7.18. The van der Waals surface area contributed by atoms with E-state index in [1.54, 1.807) is 28.6 Å². The molecule has 16 nitrogen and oxygen atoms in total. The van der Waals surface area contributed by atoms with Crippen molar-refractivity contribution in [2.75, 3.05) is 55.9 Å². The Morgan fingerprint density at radius 3 is 2.47 bits per heavy atom. The number of imide groups is 1. The van der Waals surface area contributed by atoms with Crippen molar-refractivity contribution in [3.8, 4) is 0 Å². The fourth-order valence-electron chi connectivity index (χ4n) is 9.02. The van der Waals surface area contributed by atoms with Gasteiger partial charge in [0, 0.05) is 65.6 Å². The Hall–Kier alpha value is -5.65. The molecule has 0 bridgehead atoms. The van der Waals surface area contributed by atoms with E-state index in [0.29, 0.717) is 35.4 Å². The van der Waals surface area contributed by atoms with Crippen LogP contribution in [0.3, 0.4) is 0 Å². The van der Waals surface area contributed by atoms with Crippen molar-refractivity contribution in [2.45, 2.75) is 75.9 Å². The van der Waals surface area contributed by atoms with E-state index >= 15 is 0 Å². The number of aryl methyl sites for hydroxylation is 1. The molecule has 0 spiro atoms. The summed E-state index contributed by atoms with van der Waals surface area (Å²) >= 11 is 0. The van der Waals surface area contributed by atoms with Gasteiger partial charge in [0.2, 0.25) is 11.8 Å². The third-order valence-electron chi connectivity index (χ3n) is 12.1. The molecule has 8 rings (SSSR count). The zero-order chi connectivity index (χ0) is 40.1. The van der Waals surface area contributed by atoms with E-state index in [1.807, 2.05) is 37.2 Å². The molecule has 1 aliphatic carbocycles. The molecule has 0 radical (unpaired) electrons. The number of para-hydroxylation sites is 1. The maximum absolute atomic E-state index is 14.2. The quantitative estimate of drug-likeness (QED) is 0.197. The summed E-state index contributed by atoms with van der Waals surface area (Å²) < 4.78 is 34.6. The first-order valence-corrected chi connectivity index (χ1v) is 19.6. The van der Waals surface area contributed by atoms with Crippen molar-refractivity contribution in [2.24, 2.45) is 13.0 Å². The monoisotopic (exact) mass is 786 g/mol. The number of piperidine rings is 2. The summed E-state index contributed by atoms with van der Waals surface area (Å²) in [5, 5.41) is 13.6. The van der Waals surface area contributed by atoms with Gasteiger partial charge in [0.1, 0.15) is 17.4 Å². The average Bonchev–Trinajstić information content (AvgIpc) is 3.90. The highest BCUT2D eigenvalue weighted by molar-refractivity contribution is 6.08. The maximum atomic E-state index is 14.2. The van der Waals surface area contributed by atoms with Crippen LogP contribution in [0.1, 0.15) is 85.9 Å². The normalized spacial score (nSPS) is 20.9. The summed E-state index contributed by atoms with van der Waals surface area (Å²) in [4.78, 5) is 62.1. The van der Waals surface area contributed by atoms with Crippen LogP contribution in [0, 0.1) is 5.92 Å². The number of alkyl halides is 2. The molecule has 1 aromatic carbocycles. The highest BCUT2D eigenvalue weighted by atomic mass is 19.3. The molecule has 6 heterocycles. The number of imidazole rings is 1. The van der Waals surface area contributed by atoms with Crippen molar-refractivity contribution in [1.82, 2.24) is 43.7 Å². The van der Waals surface area contributed by atoms with Gasteiger partial charge in [-0.25, -0.2) is 18.6 Å². The van der Waals surface area contributed by atoms with Crippen molar-refractivity contribution in [3.05, 3.63) is 64.6 Å². The van der Waals surface area contributed by atoms with Gasteiger partial charge in [0.25, 0.3) is 12.3 Å². The van der Waals surface area contributed by atoms with Crippen molar-refractivity contribution in [3.63, 3.8) is 0 Å². The van der Waals surface area contributed by atoms with Crippen molar-refractivity contribution < 1.29 is 23.2 Å². The molecular formula is C39H48F2N12O4.